The number of nitrogens with two attached hydrogens (primary N) is 1. The van der Waals surface area contributed by atoms with E-state index in [1.54, 1.807) is 4.90 Å². The van der Waals surface area contributed by atoms with Crippen molar-refractivity contribution in [3.8, 4) is 0 Å². The summed E-state index contributed by atoms with van der Waals surface area (Å²) in [6, 6.07) is 18.7. The van der Waals surface area contributed by atoms with Gasteiger partial charge in [0.2, 0.25) is 11.8 Å². The first-order chi connectivity index (χ1) is 12.6. The molecule has 5 nitrogen and oxygen atoms in total. The predicted octanol–water partition coefficient (Wildman–Crippen LogP) is 2.04. The summed E-state index contributed by atoms with van der Waals surface area (Å²) in [5.41, 5.74) is 8.09. The molecule has 3 rings (SSSR count). The number of hydrogen-bond donors (Lipinski definition) is 2. The lowest BCUT2D eigenvalue weighted by atomic mass is 10.1. The molecule has 0 spiro atoms. The number of hydrogen-bond acceptors (Lipinski definition) is 3. The molecular weight excluding hydrogens is 326 g/mol. The molecule has 26 heavy (non-hydrogen) atoms. The van der Waals surface area contributed by atoms with E-state index in [1.807, 2.05) is 60.7 Å². The van der Waals surface area contributed by atoms with Crippen molar-refractivity contribution in [2.24, 2.45) is 5.73 Å². The third kappa shape index (κ3) is 4.49. The second-order valence-electron chi connectivity index (χ2n) is 6.67. The van der Waals surface area contributed by atoms with Crippen LogP contribution < -0.4 is 11.1 Å². The topological polar surface area (TPSA) is 75.4 Å². The highest BCUT2D eigenvalue weighted by atomic mass is 16.2. The van der Waals surface area contributed by atoms with Crippen LogP contribution >= 0.6 is 0 Å². The van der Waals surface area contributed by atoms with Crippen LogP contribution in [0.3, 0.4) is 0 Å². The minimum atomic E-state index is -0.394. The third-order valence-corrected chi connectivity index (χ3v) is 4.80. The molecule has 1 aliphatic heterocycles. The van der Waals surface area contributed by atoms with Crippen LogP contribution in [0.5, 0.6) is 0 Å². The molecule has 0 saturated carbocycles. The highest BCUT2D eigenvalue weighted by molar-refractivity contribution is 5.89. The molecule has 0 aliphatic carbocycles. The van der Waals surface area contributed by atoms with Gasteiger partial charge in [0.1, 0.15) is 6.04 Å². The average molecular weight is 351 g/mol. The molecule has 2 atom stereocenters. The highest BCUT2D eigenvalue weighted by Crippen LogP contribution is 2.19. The first-order valence-electron chi connectivity index (χ1n) is 9.07. The summed E-state index contributed by atoms with van der Waals surface area (Å²) in [7, 11) is 0. The molecule has 1 fully saturated rings. The molecule has 5 heteroatoms. The Labute approximate surface area is 154 Å². The molecular formula is C21H25N3O2. The third-order valence-electron chi connectivity index (χ3n) is 4.80. The lowest BCUT2D eigenvalue weighted by Gasteiger charge is -2.25. The smallest absolute Gasteiger partial charge is 0.242 e. The van der Waals surface area contributed by atoms with Crippen LogP contribution in [0.15, 0.2) is 60.7 Å². The van der Waals surface area contributed by atoms with E-state index in [2.05, 4.69) is 5.32 Å². The van der Waals surface area contributed by atoms with Crippen molar-refractivity contribution in [1.29, 1.82) is 0 Å². The number of nitrogens with one attached hydrogen (secondary N) is 1. The van der Waals surface area contributed by atoms with E-state index >= 15 is 0 Å². The van der Waals surface area contributed by atoms with Gasteiger partial charge < -0.3 is 16.0 Å². The Morgan fingerprint density at radius 2 is 1.73 bits per heavy atom. The maximum Gasteiger partial charge on any atom is 0.242 e. The largest absolute Gasteiger partial charge is 0.352 e. The van der Waals surface area contributed by atoms with Gasteiger partial charge >= 0.3 is 0 Å². The van der Waals surface area contributed by atoms with E-state index in [9.17, 15) is 9.59 Å². The zero-order chi connectivity index (χ0) is 18.4. The first-order valence-corrected chi connectivity index (χ1v) is 9.07. The monoisotopic (exact) mass is 351 g/mol. The van der Waals surface area contributed by atoms with E-state index in [1.165, 1.54) is 0 Å². The Hall–Kier alpha value is -2.66. The fourth-order valence-electron chi connectivity index (χ4n) is 3.36. The number of carbonyl (C=O) groups is 2. The number of benzene rings is 2. The van der Waals surface area contributed by atoms with E-state index in [0.29, 0.717) is 25.9 Å². The fraction of sp³-hybridized carbons (Fsp3) is 0.333. The van der Waals surface area contributed by atoms with Crippen LogP contribution in [0.1, 0.15) is 30.0 Å². The summed E-state index contributed by atoms with van der Waals surface area (Å²) < 4.78 is 0. The molecule has 1 aliphatic rings. The van der Waals surface area contributed by atoms with Crippen LogP contribution in [-0.4, -0.2) is 35.8 Å². The molecule has 3 N–H and O–H groups in total. The fourth-order valence-corrected chi connectivity index (χ4v) is 3.36. The Morgan fingerprint density at radius 1 is 1.08 bits per heavy atom. The zero-order valence-corrected chi connectivity index (χ0v) is 14.8. The number of likely N-dealkylation sites (tertiary alicyclic amines) is 1. The SMILES string of the molecule is NC(CNC(=O)C1CCCN1C(=O)Cc1ccccc1)c1ccccc1. The van der Waals surface area contributed by atoms with Gasteiger partial charge in [-0.05, 0) is 24.0 Å². The molecule has 0 bridgehead atoms. The summed E-state index contributed by atoms with van der Waals surface area (Å²) in [6.45, 7) is 0.995. The number of rotatable bonds is 6. The zero-order valence-electron chi connectivity index (χ0n) is 14.8. The standard InChI is InChI=1S/C21H25N3O2/c22-18(17-10-5-2-6-11-17)15-23-21(26)19-12-7-13-24(19)20(25)14-16-8-3-1-4-9-16/h1-6,8-11,18-19H,7,12-15,22H2,(H,23,26). The summed E-state index contributed by atoms with van der Waals surface area (Å²) in [5, 5.41) is 2.91. The maximum absolute atomic E-state index is 12.6. The molecule has 2 unspecified atom stereocenters. The summed E-state index contributed by atoms with van der Waals surface area (Å²) in [5.74, 6) is -0.114. The van der Waals surface area contributed by atoms with Crippen LogP contribution in [-0.2, 0) is 16.0 Å². The Bertz CT molecular complexity index is 733. The van der Waals surface area contributed by atoms with E-state index in [0.717, 1.165) is 17.5 Å². The van der Waals surface area contributed by atoms with Gasteiger partial charge in [0.15, 0.2) is 0 Å². The second-order valence-corrected chi connectivity index (χ2v) is 6.67. The van der Waals surface area contributed by atoms with Gasteiger partial charge in [-0.2, -0.15) is 0 Å². The van der Waals surface area contributed by atoms with Gasteiger partial charge in [0, 0.05) is 19.1 Å². The molecule has 136 valence electrons. The maximum atomic E-state index is 12.6. The van der Waals surface area contributed by atoms with Crippen LogP contribution in [0.4, 0.5) is 0 Å². The van der Waals surface area contributed by atoms with Gasteiger partial charge in [-0.15, -0.1) is 0 Å². The molecule has 0 radical (unpaired) electrons. The average Bonchev–Trinajstić information content (AvgIpc) is 3.17. The second kappa shape index (κ2) is 8.63. The minimum absolute atomic E-state index is 0.00112. The van der Waals surface area contributed by atoms with Gasteiger partial charge in [0.05, 0.1) is 6.42 Å². The van der Waals surface area contributed by atoms with Gasteiger partial charge in [-0.3, -0.25) is 9.59 Å². The molecule has 2 amide bonds. The lowest BCUT2D eigenvalue weighted by Crippen LogP contribution is -2.47. The van der Waals surface area contributed by atoms with Gasteiger partial charge in [0.25, 0.3) is 0 Å². The summed E-state index contributed by atoms with van der Waals surface area (Å²) >= 11 is 0. The van der Waals surface area contributed by atoms with Crippen molar-refractivity contribution in [1.82, 2.24) is 10.2 Å². The quantitative estimate of drug-likeness (QED) is 0.836. The van der Waals surface area contributed by atoms with Crippen molar-refractivity contribution in [3.63, 3.8) is 0 Å². The van der Waals surface area contributed by atoms with Crippen LogP contribution in [0.25, 0.3) is 0 Å². The van der Waals surface area contributed by atoms with Crippen molar-refractivity contribution >= 4 is 11.8 Å². The Balaban J connectivity index is 1.55. The minimum Gasteiger partial charge on any atom is -0.352 e. The van der Waals surface area contributed by atoms with Gasteiger partial charge in [-0.1, -0.05) is 60.7 Å². The van der Waals surface area contributed by atoms with Crippen molar-refractivity contribution in [2.45, 2.75) is 31.3 Å². The van der Waals surface area contributed by atoms with Crippen molar-refractivity contribution in [2.75, 3.05) is 13.1 Å². The first kappa shape index (κ1) is 18.1. The van der Waals surface area contributed by atoms with Crippen LogP contribution in [0, 0.1) is 0 Å². The lowest BCUT2D eigenvalue weighted by molar-refractivity contribution is -0.138. The van der Waals surface area contributed by atoms with Crippen LogP contribution in [0.2, 0.25) is 0 Å². The molecule has 1 saturated heterocycles. The van der Waals surface area contributed by atoms with Gasteiger partial charge in [-0.25, -0.2) is 0 Å². The number of nitrogens with zero attached hydrogens (tertiary/aromatic N) is 1. The highest BCUT2D eigenvalue weighted by Gasteiger charge is 2.33. The summed E-state index contributed by atoms with van der Waals surface area (Å²) in [6.07, 6.45) is 1.88. The Kier molecular flexibility index (Phi) is 6.02. The summed E-state index contributed by atoms with van der Waals surface area (Å²) in [4.78, 5) is 26.9. The normalized spacial score (nSPS) is 17.7. The van der Waals surface area contributed by atoms with E-state index in [-0.39, 0.29) is 17.9 Å². The molecule has 2 aromatic rings. The molecule has 0 aromatic heterocycles. The van der Waals surface area contributed by atoms with Crippen molar-refractivity contribution < 1.29 is 9.59 Å². The predicted molar refractivity (Wildman–Crippen MR) is 101 cm³/mol. The number of amides is 2. The number of carbonyl (C=O) groups excluding carboxylic acids is 2. The van der Waals surface area contributed by atoms with E-state index in [4.69, 9.17) is 5.73 Å². The molecule has 1 heterocycles. The van der Waals surface area contributed by atoms with E-state index < -0.39 is 6.04 Å². The molecule has 2 aromatic carbocycles. The van der Waals surface area contributed by atoms with Crippen molar-refractivity contribution in [3.05, 3.63) is 71.8 Å². The Morgan fingerprint density at radius 3 is 2.42 bits per heavy atom.